The first-order chi connectivity index (χ1) is 7.64. The van der Waals surface area contributed by atoms with E-state index in [1.165, 1.54) is 7.11 Å². The number of nitrogens with zero attached hydrogens (tertiary/aromatic N) is 2. The topological polar surface area (TPSA) is 53.3 Å². The molecule has 1 heterocycles. The fraction of sp³-hybridized carbons (Fsp3) is 0.833. The number of ether oxygens (including phenoxy) is 1. The molecular weight excluding hydrogens is 204 g/mol. The molecule has 16 heavy (non-hydrogen) atoms. The average Bonchev–Trinajstić information content (AvgIpc) is 2.83. The first-order valence-corrected chi connectivity index (χ1v) is 5.86. The van der Waals surface area contributed by atoms with Crippen LogP contribution < -0.4 is 0 Å². The Hall–Kier alpha value is -1.08. The van der Waals surface area contributed by atoms with Gasteiger partial charge in [-0.1, -0.05) is 6.42 Å². The Labute approximate surface area is 96.2 Å². The number of fused-ring (bicyclic) bond motifs is 1. The highest BCUT2D eigenvalue weighted by Gasteiger charge is 2.55. The van der Waals surface area contributed by atoms with E-state index in [9.17, 15) is 4.79 Å². The van der Waals surface area contributed by atoms with Crippen molar-refractivity contribution < 1.29 is 9.53 Å². The summed E-state index contributed by atoms with van der Waals surface area (Å²) in [7, 11) is 1.46. The number of esters is 1. The van der Waals surface area contributed by atoms with Crippen molar-refractivity contribution in [2.75, 3.05) is 20.2 Å². The number of hydrogen-bond acceptors (Lipinski definition) is 4. The predicted molar refractivity (Wildman–Crippen MR) is 58.4 cm³/mol. The van der Waals surface area contributed by atoms with Crippen molar-refractivity contribution >= 4 is 5.97 Å². The van der Waals surface area contributed by atoms with Gasteiger partial charge in [0.2, 0.25) is 0 Å². The van der Waals surface area contributed by atoms with Gasteiger partial charge in [-0.05, 0) is 25.7 Å². The summed E-state index contributed by atoms with van der Waals surface area (Å²) in [6.07, 6.45) is 3.11. The quantitative estimate of drug-likeness (QED) is 0.658. The molecule has 1 aliphatic carbocycles. The first kappa shape index (κ1) is 11.4. The van der Waals surface area contributed by atoms with E-state index in [1.54, 1.807) is 0 Å². The lowest BCUT2D eigenvalue weighted by atomic mass is 9.81. The van der Waals surface area contributed by atoms with Gasteiger partial charge in [-0.3, -0.25) is 9.69 Å². The molecule has 1 saturated heterocycles. The third-order valence-corrected chi connectivity index (χ3v) is 4.22. The molecule has 0 N–H and O–H groups in total. The molecule has 2 rings (SSSR count). The van der Waals surface area contributed by atoms with Gasteiger partial charge in [0.15, 0.2) is 0 Å². The highest BCUT2D eigenvalue weighted by molar-refractivity contribution is 5.78. The van der Waals surface area contributed by atoms with Gasteiger partial charge in [-0.2, -0.15) is 5.26 Å². The van der Waals surface area contributed by atoms with Crippen LogP contribution in [0, 0.1) is 22.7 Å². The van der Waals surface area contributed by atoms with E-state index in [-0.39, 0.29) is 17.4 Å². The summed E-state index contributed by atoms with van der Waals surface area (Å²) in [6.45, 7) is 3.45. The van der Waals surface area contributed by atoms with E-state index in [0.717, 1.165) is 25.8 Å². The lowest BCUT2D eigenvalue weighted by Crippen LogP contribution is -2.38. The summed E-state index contributed by atoms with van der Waals surface area (Å²) in [5.74, 6) is 0.304. The second kappa shape index (κ2) is 4.06. The fourth-order valence-corrected chi connectivity index (χ4v) is 3.24. The Kier molecular flexibility index (Phi) is 2.90. The number of likely N-dealkylation sites (tertiary alicyclic amines) is 1. The SMILES string of the molecule is COC(=O)[C@]12CCC[C@@H]1CN([C@@H](C)C#N)C2. The Morgan fingerprint density at radius 1 is 1.69 bits per heavy atom. The molecular formula is C12H18N2O2. The van der Waals surface area contributed by atoms with Gasteiger partial charge in [-0.15, -0.1) is 0 Å². The minimum atomic E-state index is -0.320. The van der Waals surface area contributed by atoms with Crippen molar-refractivity contribution in [1.82, 2.24) is 4.90 Å². The predicted octanol–water partition coefficient (Wildman–Crippen LogP) is 1.17. The second-order valence-electron chi connectivity index (χ2n) is 4.97. The number of carbonyl (C=O) groups excluding carboxylic acids is 1. The summed E-state index contributed by atoms with van der Waals surface area (Å²) in [6, 6.07) is 2.14. The highest BCUT2D eigenvalue weighted by atomic mass is 16.5. The van der Waals surface area contributed by atoms with E-state index >= 15 is 0 Å². The van der Waals surface area contributed by atoms with Crippen molar-refractivity contribution in [1.29, 1.82) is 5.26 Å². The van der Waals surface area contributed by atoms with Crippen molar-refractivity contribution in [2.45, 2.75) is 32.2 Å². The molecule has 1 aliphatic heterocycles. The number of nitriles is 1. The molecule has 2 aliphatic rings. The van der Waals surface area contributed by atoms with Gasteiger partial charge < -0.3 is 4.74 Å². The summed E-state index contributed by atoms with van der Waals surface area (Å²) in [5, 5.41) is 8.93. The van der Waals surface area contributed by atoms with Gasteiger partial charge in [0.1, 0.15) is 0 Å². The number of hydrogen-bond donors (Lipinski definition) is 0. The summed E-state index contributed by atoms with van der Waals surface area (Å²) in [4.78, 5) is 14.1. The van der Waals surface area contributed by atoms with E-state index in [0.29, 0.717) is 12.5 Å². The molecule has 0 aromatic heterocycles. The maximum atomic E-state index is 11.9. The van der Waals surface area contributed by atoms with Crippen LogP contribution in [0.15, 0.2) is 0 Å². The molecule has 0 aromatic carbocycles. The molecule has 3 atom stereocenters. The van der Waals surface area contributed by atoms with Crippen LogP contribution in [0.1, 0.15) is 26.2 Å². The largest absolute Gasteiger partial charge is 0.469 e. The molecule has 0 unspecified atom stereocenters. The Bertz CT molecular complexity index is 336. The van der Waals surface area contributed by atoms with Crippen molar-refractivity contribution in [3.63, 3.8) is 0 Å². The van der Waals surface area contributed by atoms with Crippen molar-refractivity contribution in [3.05, 3.63) is 0 Å². The van der Waals surface area contributed by atoms with Crippen LogP contribution in [0.25, 0.3) is 0 Å². The maximum Gasteiger partial charge on any atom is 0.313 e. The second-order valence-corrected chi connectivity index (χ2v) is 4.97. The zero-order chi connectivity index (χ0) is 11.8. The van der Waals surface area contributed by atoms with E-state index < -0.39 is 0 Å². The fourth-order valence-electron chi connectivity index (χ4n) is 3.24. The zero-order valence-corrected chi connectivity index (χ0v) is 9.90. The van der Waals surface area contributed by atoms with Gasteiger partial charge in [0.05, 0.1) is 24.6 Å². The average molecular weight is 222 g/mol. The van der Waals surface area contributed by atoms with Crippen LogP contribution in [0.2, 0.25) is 0 Å². The minimum Gasteiger partial charge on any atom is -0.469 e. The Morgan fingerprint density at radius 2 is 2.44 bits per heavy atom. The molecule has 0 spiro atoms. The van der Waals surface area contributed by atoms with E-state index in [4.69, 9.17) is 10.00 Å². The number of rotatable bonds is 2. The van der Waals surface area contributed by atoms with Crippen molar-refractivity contribution in [3.8, 4) is 6.07 Å². The van der Waals surface area contributed by atoms with Gasteiger partial charge in [0, 0.05) is 13.1 Å². The van der Waals surface area contributed by atoms with Crippen LogP contribution >= 0.6 is 0 Å². The molecule has 0 radical (unpaired) electrons. The monoisotopic (exact) mass is 222 g/mol. The third-order valence-electron chi connectivity index (χ3n) is 4.22. The minimum absolute atomic E-state index is 0.0809. The van der Waals surface area contributed by atoms with Crippen LogP contribution in [0.4, 0.5) is 0 Å². The highest BCUT2D eigenvalue weighted by Crippen LogP contribution is 2.49. The Balaban J connectivity index is 2.19. The lowest BCUT2D eigenvalue weighted by molar-refractivity contribution is -0.153. The maximum absolute atomic E-state index is 11.9. The molecule has 0 bridgehead atoms. The summed E-state index contributed by atoms with van der Waals surface area (Å²) < 4.78 is 4.95. The van der Waals surface area contributed by atoms with Crippen LogP contribution in [0.5, 0.6) is 0 Å². The van der Waals surface area contributed by atoms with E-state index in [1.807, 2.05) is 6.92 Å². The zero-order valence-electron chi connectivity index (χ0n) is 9.90. The molecule has 1 saturated carbocycles. The standard InChI is InChI=1S/C12H18N2O2/c1-9(6-13)14-7-10-4-3-5-12(10,8-14)11(15)16-2/h9-10H,3-5,7-8H2,1-2H3/t9-,10+,12-/m0/s1. The summed E-state index contributed by atoms with van der Waals surface area (Å²) >= 11 is 0. The first-order valence-electron chi connectivity index (χ1n) is 5.86. The van der Waals surface area contributed by atoms with Gasteiger partial charge in [-0.25, -0.2) is 0 Å². The lowest BCUT2D eigenvalue weighted by Gasteiger charge is -2.26. The molecule has 0 aromatic rings. The molecule has 2 fully saturated rings. The van der Waals surface area contributed by atoms with Crippen LogP contribution in [-0.2, 0) is 9.53 Å². The van der Waals surface area contributed by atoms with Crippen LogP contribution in [0.3, 0.4) is 0 Å². The molecule has 0 amide bonds. The number of carbonyl (C=O) groups is 1. The molecule has 4 heteroatoms. The van der Waals surface area contributed by atoms with Gasteiger partial charge >= 0.3 is 5.97 Å². The molecule has 88 valence electrons. The smallest absolute Gasteiger partial charge is 0.313 e. The van der Waals surface area contributed by atoms with Crippen molar-refractivity contribution in [2.24, 2.45) is 11.3 Å². The Morgan fingerprint density at radius 3 is 3.06 bits per heavy atom. The third kappa shape index (κ3) is 1.51. The number of methoxy groups -OCH3 is 1. The van der Waals surface area contributed by atoms with E-state index in [2.05, 4.69) is 11.0 Å². The molecule has 4 nitrogen and oxygen atoms in total. The normalized spacial score (nSPS) is 35.4. The summed E-state index contributed by atoms with van der Waals surface area (Å²) in [5.41, 5.74) is -0.320. The van der Waals surface area contributed by atoms with Crippen LogP contribution in [-0.4, -0.2) is 37.1 Å². The van der Waals surface area contributed by atoms with Gasteiger partial charge in [0.25, 0.3) is 0 Å².